The summed E-state index contributed by atoms with van der Waals surface area (Å²) in [6.45, 7) is 2.11. The van der Waals surface area contributed by atoms with Crippen molar-refractivity contribution in [3.8, 4) is 5.75 Å². The van der Waals surface area contributed by atoms with E-state index in [-0.39, 0.29) is 11.6 Å². The number of ether oxygens (including phenoxy) is 2. The average molecular weight is 446 g/mol. The molecule has 2 heterocycles. The normalized spacial score (nSPS) is 15.3. The van der Waals surface area contributed by atoms with Gasteiger partial charge in [0.1, 0.15) is 36.4 Å². The van der Waals surface area contributed by atoms with Crippen molar-refractivity contribution in [1.29, 1.82) is 0 Å². The van der Waals surface area contributed by atoms with Crippen LogP contribution < -0.4 is 20.7 Å². The number of nitrogens with one attached hydrogen (secondary N) is 3. The van der Waals surface area contributed by atoms with Crippen molar-refractivity contribution < 1.29 is 23.5 Å². The van der Waals surface area contributed by atoms with Crippen molar-refractivity contribution >= 4 is 51.7 Å². The van der Waals surface area contributed by atoms with Crippen LogP contribution in [0.15, 0.2) is 36.7 Å². The molecule has 1 fully saturated rings. The lowest BCUT2D eigenvalue weighted by Crippen LogP contribution is -2.38. The third kappa shape index (κ3) is 4.43. The summed E-state index contributed by atoms with van der Waals surface area (Å²) < 4.78 is 23.9. The largest absolute Gasteiger partial charge is 0.492 e. The van der Waals surface area contributed by atoms with Crippen molar-refractivity contribution in [2.24, 2.45) is 0 Å². The van der Waals surface area contributed by atoms with Gasteiger partial charge in [0.15, 0.2) is 0 Å². The van der Waals surface area contributed by atoms with Gasteiger partial charge in [-0.05, 0) is 31.2 Å². The van der Waals surface area contributed by atoms with E-state index in [9.17, 15) is 14.0 Å². The number of amides is 2. The van der Waals surface area contributed by atoms with E-state index in [0.29, 0.717) is 40.5 Å². The number of hydrogen-bond acceptors (Lipinski definition) is 7. The second kappa shape index (κ2) is 8.60. The standard InChI is InChI=1S/C20H17ClFN5O4/c1-2-30-17-7-14-11(6-15(17)26-19(28)16-8-31-20(29)27-16)18(24-9-23-14)25-10-3-4-13(22)12(21)5-10/h3-7,9,16H,2,8H2,1H3,(H,26,28)(H,27,29)(H,23,24,25)/t16-/m0/s1. The summed E-state index contributed by atoms with van der Waals surface area (Å²) in [5.41, 5.74) is 1.46. The minimum Gasteiger partial charge on any atom is -0.492 e. The van der Waals surface area contributed by atoms with Crippen molar-refractivity contribution in [2.75, 3.05) is 23.8 Å². The van der Waals surface area contributed by atoms with Crippen molar-refractivity contribution in [2.45, 2.75) is 13.0 Å². The van der Waals surface area contributed by atoms with Gasteiger partial charge in [-0.25, -0.2) is 19.2 Å². The Hall–Kier alpha value is -3.66. The SMILES string of the molecule is CCOc1cc2ncnc(Nc3ccc(F)c(Cl)c3)c2cc1NC(=O)[C@@H]1COC(=O)N1. The highest BCUT2D eigenvalue weighted by Gasteiger charge is 2.29. The molecule has 2 aromatic carbocycles. The van der Waals surface area contributed by atoms with E-state index in [1.54, 1.807) is 12.1 Å². The topological polar surface area (TPSA) is 114 Å². The predicted molar refractivity (Wildman–Crippen MR) is 112 cm³/mol. The molecule has 9 nitrogen and oxygen atoms in total. The van der Waals surface area contributed by atoms with Gasteiger partial charge >= 0.3 is 6.09 Å². The number of alkyl carbamates (subject to hydrolysis) is 1. The Bertz CT molecular complexity index is 1180. The van der Waals surface area contributed by atoms with Crippen LogP contribution in [0.25, 0.3) is 10.9 Å². The van der Waals surface area contributed by atoms with Crippen LogP contribution in [0.2, 0.25) is 5.02 Å². The van der Waals surface area contributed by atoms with Gasteiger partial charge in [0.2, 0.25) is 0 Å². The molecule has 1 aliphatic rings. The zero-order valence-corrected chi connectivity index (χ0v) is 17.0. The molecule has 160 valence electrons. The van der Waals surface area contributed by atoms with E-state index in [2.05, 4.69) is 25.9 Å². The fourth-order valence-electron chi connectivity index (χ4n) is 3.01. The number of cyclic esters (lactones) is 1. The van der Waals surface area contributed by atoms with Crippen LogP contribution in [0.1, 0.15) is 6.92 Å². The molecule has 1 saturated heterocycles. The molecule has 2 amide bonds. The van der Waals surface area contributed by atoms with Gasteiger partial charge in [-0.1, -0.05) is 11.6 Å². The van der Waals surface area contributed by atoms with Gasteiger partial charge in [0.05, 0.1) is 22.8 Å². The number of carbonyl (C=O) groups excluding carboxylic acids is 2. The summed E-state index contributed by atoms with van der Waals surface area (Å²) in [4.78, 5) is 32.3. The van der Waals surface area contributed by atoms with E-state index in [0.717, 1.165) is 0 Å². The lowest BCUT2D eigenvalue weighted by molar-refractivity contribution is -0.117. The Morgan fingerprint density at radius 2 is 2.19 bits per heavy atom. The maximum atomic E-state index is 13.5. The summed E-state index contributed by atoms with van der Waals surface area (Å²) in [5, 5.41) is 8.79. The van der Waals surface area contributed by atoms with Crippen LogP contribution in [0.4, 0.5) is 26.4 Å². The molecular formula is C20H17ClFN5O4. The molecule has 31 heavy (non-hydrogen) atoms. The average Bonchev–Trinajstić information content (AvgIpc) is 3.18. The molecule has 1 aliphatic heterocycles. The van der Waals surface area contributed by atoms with Crippen LogP contribution in [-0.2, 0) is 9.53 Å². The molecule has 3 aromatic rings. The van der Waals surface area contributed by atoms with Gasteiger partial charge < -0.3 is 25.4 Å². The van der Waals surface area contributed by atoms with Gasteiger partial charge in [0.25, 0.3) is 5.91 Å². The highest BCUT2D eigenvalue weighted by atomic mass is 35.5. The number of benzene rings is 2. The fraction of sp³-hybridized carbons (Fsp3) is 0.200. The molecule has 11 heteroatoms. The van der Waals surface area contributed by atoms with Crippen LogP contribution in [0, 0.1) is 5.82 Å². The molecule has 3 N–H and O–H groups in total. The zero-order valence-electron chi connectivity index (χ0n) is 16.2. The molecular weight excluding hydrogens is 429 g/mol. The van der Waals surface area contributed by atoms with Gasteiger partial charge in [-0.15, -0.1) is 0 Å². The lowest BCUT2D eigenvalue weighted by Gasteiger charge is -2.16. The molecule has 4 rings (SSSR count). The molecule has 0 spiro atoms. The third-order valence-corrected chi connectivity index (χ3v) is 4.76. The second-order valence-corrected chi connectivity index (χ2v) is 6.97. The molecule has 0 aliphatic carbocycles. The monoisotopic (exact) mass is 445 g/mol. The first-order valence-corrected chi connectivity index (χ1v) is 9.70. The number of rotatable bonds is 6. The van der Waals surface area contributed by atoms with Gasteiger partial charge in [-0.2, -0.15) is 0 Å². The summed E-state index contributed by atoms with van der Waals surface area (Å²) in [5.74, 6) is -0.163. The van der Waals surface area contributed by atoms with E-state index in [1.807, 2.05) is 6.92 Å². The Balaban J connectivity index is 1.70. The number of fused-ring (bicyclic) bond motifs is 1. The first-order valence-electron chi connectivity index (χ1n) is 9.32. The van der Waals surface area contributed by atoms with E-state index in [1.165, 1.54) is 24.5 Å². The maximum Gasteiger partial charge on any atom is 0.407 e. The minimum atomic E-state index is -0.816. The molecule has 1 atom stereocenters. The molecule has 0 saturated carbocycles. The van der Waals surface area contributed by atoms with E-state index in [4.69, 9.17) is 21.1 Å². The summed E-state index contributed by atoms with van der Waals surface area (Å²) in [6.07, 6.45) is 0.719. The molecule has 1 aromatic heterocycles. The lowest BCUT2D eigenvalue weighted by atomic mass is 10.1. The van der Waals surface area contributed by atoms with Crippen LogP contribution in [0.5, 0.6) is 5.75 Å². The third-order valence-electron chi connectivity index (χ3n) is 4.47. The predicted octanol–water partition coefficient (Wildman–Crippen LogP) is 3.61. The summed E-state index contributed by atoms with van der Waals surface area (Å²) >= 11 is 5.86. The first-order chi connectivity index (χ1) is 14.9. The number of hydrogen-bond donors (Lipinski definition) is 3. The second-order valence-electron chi connectivity index (χ2n) is 6.56. The number of aromatic nitrogens is 2. The van der Waals surface area contributed by atoms with Crippen molar-refractivity contribution in [3.05, 3.63) is 47.5 Å². The van der Waals surface area contributed by atoms with Crippen molar-refractivity contribution in [3.63, 3.8) is 0 Å². The number of halogens is 2. The van der Waals surface area contributed by atoms with Gasteiger partial charge in [0, 0.05) is 17.1 Å². The number of nitrogens with zero attached hydrogens (tertiary/aromatic N) is 2. The van der Waals surface area contributed by atoms with Crippen LogP contribution >= 0.6 is 11.6 Å². The molecule has 0 unspecified atom stereocenters. The van der Waals surface area contributed by atoms with E-state index >= 15 is 0 Å². The Morgan fingerprint density at radius 3 is 2.90 bits per heavy atom. The smallest absolute Gasteiger partial charge is 0.407 e. The van der Waals surface area contributed by atoms with E-state index < -0.39 is 23.9 Å². The van der Waals surface area contributed by atoms with Crippen LogP contribution in [0.3, 0.4) is 0 Å². The first kappa shape index (κ1) is 20.6. The molecule has 0 bridgehead atoms. The van der Waals surface area contributed by atoms with Crippen LogP contribution in [-0.4, -0.2) is 41.2 Å². The zero-order chi connectivity index (χ0) is 22.0. The summed E-state index contributed by atoms with van der Waals surface area (Å²) in [7, 11) is 0. The number of anilines is 3. The quantitative estimate of drug-likeness (QED) is 0.531. The highest BCUT2D eigenvalue weighted by Crippen LogP contribution is 2.34. The minimum absolute atomic E-state index is 0.0317. The number of carbonyl (C=O) groups is 2. The summed E-state index contributed by atoms with van der Waals surface area (Å²) in [6, 6.07) is 6.71. The Morgan fingerprint density at radius 1 is 1.35 bits per heavy atom. The Kier molecular flexibility index (Phi) is 5.72. The Labute approximate surface area is 180 Å². The maximum absolute atomic E-state index is 13.5. The van der Waals surface area contributed by atoms with Crippen molar-refractivity contribution in [1.82, 2.24) is 15.3 Å². The fourth-order valence-corrected chi connectivity index (χ4v) is 3.19. The molecule has 0 radical (unpaired) electrons. The highest BCUT2D eigenvalue weighted by molar-refractivity contribution is 6.31. The van der Waals surface area contributed by atoms with Gasteiger partial charge in [-0.3, -0.25) is 4.79 Å².